The number of rotatable bonds is 5. The molecule has 0 aliphatic carbocycles. The van der Waals surface area contributed by atoms with Crippen LogP contribution in [0, 0.1) is 11.3 Å². The van der Waals surface area contributed by atoms with Crippen molar-refractivity contribution < 1.29 is 17.2 Å². The Kier molecular flexibility index (Phi) is 4.78. The Morgan fingerprint density at radius 2 is 1.92 bits per heavy atom. The minimum atomic E-state index is -4.42. The minimum absolute atomic E-state index is 0.113. The Balaban J connectivity index is 1.88. The predicted octanol–water partition coefficient (Wildman–Crippen LogP) is 3.37. The van der Waals surface area contributed by atoms with Crippen molar-refractivity contribution in [2.45, 2.75) is 16.2 Å². The fourth-order valence-electron chi connectivity index (χ4n) is 2.53. The van der Waals surface area contributed by atoms with E-state index in [-0.39, 0.29) is 6.61 Å². The van der Waals surface area contributed by atoms with Gasteiger partial charge in [-0.05, 0) is 36.8 Å². The van der Waals surface area contributed by atoms with Gasteiger partial charge in [0.1, 0.15) is 0 Å². The van der Waals surface area contributed by atoms with Gasteiger partial charge in [0.25, 0.3) is 0 Å². The Bertz CT molecular complexity index is 907. The second kappa shape index (κ2) is 6.83. The van der Waals surface area contributed by atoms with Crippen LogP contribution in [0.5, 0.6) is 0 Å². The third-order valence-electron chi connectivity index (χ3n) is 3.51. The van der Waals surface area contributed by atoms with Crippen LogP contribution in [0.3, 0.4) is 0 Å². The van der Waals surface area contributed by atoms with Crippen LogP contribution in [-0.4, -0.2) is 26.1 Å². The summed E-state index contributed by atoms with van der Waals surface area (Å²) >= 11 is 1.63. The summed E-state index contributed by atoms with van der Waals surface area (Å²) in [4.78, 5) is 4.16. The first-order valence-corrected chi connectivity index (χ1v) is 9.36. The van der Waals surface area contributed by atoms with Gasteiger partial charge < -0.3 is 4.90 Å². The fraction of sp³-hybridized carbons (Fsp3) is 0.188. The molecule has 0 radical (unpaired) electrons. The number of fused-ring (bicyclic) bond motifs is 2. The first kappa shape index (κ1) is 16.8. The third kappa shape index (κ3) is 3.71. The van der Waals surface area contributed by atoms with Crippen LogP contribution in [0.2, 0.25) is 0 Å². The molecule has 0 spiro atoms. The van der Waals surface area contributed by atoms with E-state index in [1.807, 2.05) is 41.3 Å². The average molecular weight is 362 g/mol. The van der Waals surface area contributed by atoms with Crippen molar-refractivity contribution in [3.63, 3.8) is 0 Å². The first-order valence-electron chi connectivity index (χ1n) is 7.18. The van der Waals surface area contributed by atoms with Crippen LogP contribution in [0.4, 0.5) is 11.4 Å². The Hall–Kier alpha value is -2.05. The summed E-state index contributed by atoms with van der Waals surface area (Å²) in [5, 5.41) is 9.13. The molecule has 2 aromatic carbocycles. The molecule has 0 unspecified atom stereocenters. The van der Waals surface area contributed by atoms with Crippen LogP contribution >= 0.6 is 11.8 Å². The number of para-hydroxylation sites is 1. The van der Waals surface area contributed by atoms with Gasteiger partial charge in [0, 0.05) is 16.3 Å². The summed E-state index contributed by atoms with van der Waals surface area (Å²) in [6.45, 7) is 0.382. The lowest BCUT2D eigenvalue weighted by atomic mass is 10.1. The SMILES string of the molecule is N#Cc1ccc2c(c1)N(CCCOS(=O)(=O)O)c1ccccc1S2. The van der Waals surface area contributed by atoms with Gasteiger partial charge in [0.05, 0.1) is 29.6 Å². The van der Waals surface area contributed by atoms with Crippen LogP contribution in [0.15, 0.2) is 52.3 Å². The monoisotopic (exact) mass is 362 g/mol. The first-order chi connectivity index (χ1) is 11.5. The molecule has 3 rings (SSSR count). The van der Waals surface area contributed by atoms with Crippen molar-refractivity contribution in [3.8, 4) is 6.07 Å². The molecule has 24 heavy (non-hydrogen) atoms. The smallest absolute Gasteiger partial charge is 0.340 e. The maximum Gasteiger partial charge on any atom is 0.397 e. The summed E-state index contributed by atoms with van der Waals surface area (Å²) in [7, 11) is -4.42. The Morgan fingerprint density at radius 3 is 2.67 bits per heavy atom. The molecular weight excluding hydrogens is 348 g/mol. The molecule has 6 nitrogen and oxygen atoms in total. The number of hydrogen-bond acceptors (Lipinski definition) is 6. The van der Waals surface area contributed by atoms with Gasteiger partial charge in [-0.25, -0.2) is 4.18 Å². The van der Waals surface area contributed by atoms with Crippen LogP contribution in [0.25, 0.3) is 0 Å². The number of anilines is 2. The largest absolute Gasteiger partial charge is 0.397 e. The van der Waals surface area contributed by atoms with E-state index in [1.54, 1.807) is 17.8 Å². The van der Waals surface area contributed by atoms with Crippen molar-refractivity contribution in [3.05, 3.63) is 48.0 Å². The van der Waals surface area contributed by atoms with Gasteiger partial charge >= 0.3 is 10.4 Å². The zero-order chi connectivity index (χ0) is 17.2. The number of benzene rings is 2. The molecule has 0 fully saturated rings. The van der Waals surface area contributed by atoms with E-state index < -0.39 is 10.4 Å². The molecule has 124 valence electrons. The van der Waals surface area contributed by atoms with E-state index in [0.29, 0.717) is 18.5 Å². The highest BCUT2D eigenvalue weighted by atomic mass is 32.3. The van der Waals surface area contributed by atoms with Gasteiger partial charge in [0.15, 0.2) is 0 Å². The summed E-state index contributed by atoms with van der Waals surface area (Å²) < 4.78 is 34.3. The van der Waals surface area contributed by atoms with Crippen molar-refractivity contribution in [2.75, 3.05) is 18.1 Å². The maximum absolute atomic E-state index is 10.6. The lowest BCUT2D eigenvalue weighted by molar-refractivity contribution is 0.266. The van der Waals surface area contributed by atoms with E-state index in [0.717, 1.165) is 21.2 Å². The molecule has 1 heterocycles. The topological polar surface area (TPSA) is 90.6 Å². The lowest BCUT2D eigenvalue weighted by Gasteiger charge is -2.32. The van der Waals surface area contributed by atoms with Crippen molar-refractivity contribution in [1.29, 1.82) is 5.26 Å². The summed E-state index contributed by atoms with van der Waals surface area (Å²) in [5.74, 6) is 0. The Labute approximate surface area is 144 Å². The van der Waals surface area contributed by atoms with E-state index >= 15 is 0 Å². The molecule has 1 aliphatic heterocycles. The van der Waals surface area contributed by atoms with Crippen LogP contribution < -0.4 is 4.90 Å². The zero-order valence-electron chi connectivity index (χ0n) is 12.5. The number of nitrogens with zero attached hydrogens (tertiary/aromatic N) is 2. The molecule has 8 heteroatoms. The Morgan fingerprint density at radius 1 is 1.17 bits per heavy atom. The van der Waals surface area contributed by atoms with E-state index in [2.05, 4.69) is 10.3 Å². The van der Waals surface area contributed by atoms with Crippen LogP contribution in [-0.2, 0) is 14.6 Å². The van der Waals surface area contributed by atoms with Gasteiger partial charge in [-0.2, -0.15) is 13.7 Å². The molecule has 0 saturated carbocycles. The highest BCUT2D eigenvalue weighted by Crippen LogP contribution is 2.48. The van der Waals surface area contributed by atoms with Crippen molar-refractivity contribution in [1.82, 2.24) is 0 Å². The number of hydrogen-bond donors (Lipinski definition) is 1. The lowest BCUT2D eigenvalue weighted by Crippen LogP contribution is -2.23. The normalized spacial score (nSPS) is 13.1. The molecular formula is C16H14N2O4S2. The molecule has 0 amide bonds. The number of nitriles is 1. The molecule has 1 aliphatic rings. The zero-order valence-corrected chi connectivity index (χ0v) is 14.2. The quantitative estimate of drug-likeness (QED) is 0.644. The molecule has 0 saturated heterocycles. The van der Waals surface area contributed by atoms with Crippen molar-refractivity contribution >= 4 is 33.5 Å². The second-order valence-corrected chi connectivity index (χ2v) is 7.29. The minimum Gasteiger partial charge on any atom is -0.340 e. The predicted molar refractivity (Wildman–Crippen MR) is 90.8 cm³/mol. The van der Waals surface area contributed by atoms with Gasteiger partial charge in [-0.3, -0.25) is 4.55 Å². The third-order valence-corrected chi connectivity index (χ3v) is 5.11. The van der Waals surface area contributed by atoms with E-state index in [4.69, 9.17) is 9.81 Å². The molecule has 0 atom stereocenters. The average Bonchev–Trinajstić information content (AvgIpc) is 2.56. The summed E-state index contributed by atoms with van der Waals surface area (Å²) in [6.07, 6.45) is 0.398. The second-order valence-electron chi connectivity index (χ2n) is 5.12. The van der Waals surface area contributed by atoms with Crippen LogP contribution in [0.1, 0.15) is 12.0 Å². The molecule has 1 N–H and O–H groups in total. The van der Waals surface area contributed by atoms with Crippen molar-refractivity contribution in [2.24, 2.45) is 0 Å². The van der Waals surface area contributed by atoms with E-state index in [9.17, 15) is 8.42 Å². The highest BCUT2D eigenvalue weighted by molar-refractivity contribution is 7.99. The van der Waals surface area contributed by atoms with Gasteiger partial charge in [0.2, 0.25) is 0 Å². The molecule has 0 aromatic heterocycles. The van der Waals surface area contributed by atoms with Gasteiger partial charge in [-0.1, -0.05) is 23.9 Å². The highest BCUT2D eigenvalue weighted by Gasteiger charge is 2.23. The standard InChI is InChI=1S/C16H14N2O4S2/c17-11-12-6-7-16-14(10-12)18(8-3-9-22-24(19,20)21)13-4-1-2-5-15(13)23-16/h1-2,4-7,10H,3,8-9H2,(H,19,20,21). The molecule has 2 aromatic rings. The summed E-state index contributed by atoms with van der Waals surface area (Å²) in [6, 6.07) is 15.5. The van der Waals surface area contributed by atoms with E-state index in [1.165, 1.54) is 0 Å². The fourth-order valence-corrected chi connectivity index (χ4v) is 3.93. The molecule has 0 bridgehead atoms. The summed E-state index contributed by atoms with van der Waals surface area (Å²) in [5.41, 5.74) is 2.47. The maximum atomic E-state index is 10.6. The van der Waals surface area contributed by atoms with Gasteiger partial charge in [-0.15, -0.1) is 0 Å².